The quantitative estimate of drug-likeness (QED) is 0.561. The van der Waals surface area contributed by atoms with Gasteiger partial charge in [-0.2, -0.15) is 0 Å². The van der Waals surface area contributed by atoms with Crippen molar-refractivity contribution in [2.45, 2.75) is 19.2 Å². The Morgan fingerprint density at radius 1 is 1.18 bits per heavy atom. The zero-order valence-electron chi connectivity index (χ0n) is 7.19. The predicted octanol–water partition coefficient (Wildman–Crippen LogP) is 2.21. The van der Waals surface area contributed by atoms with Crippen molar-refractivity contribution in [2.75, 3.05) is 0 Å². The summed E-state index contributed by atoms with van der Waals surface area (Å²) in [5, 5.41) is 1.03. The van der Waals surface area contributed by atoms with Gasteiger partial charge in [-0.25, -0.2) is 0 Å². The van der Waals surface area contributed by atoms with E-state index >= 15 is 0 Å². The van der Waals surface area contributed by atoms with Crippen LogP contribution in [0.4, 0.5) is 0 Å². The van der Waals surface area contributed by atoms with Crippen LogP contribution >= 0.6 is 11.6 Å². The molecule has 0 aliphatic heterocycles. The van der Waals surface area contributed by atoms with Crippen molar-refractivity contribution in [3.05, 3.63) is 34.9 Å². The maximum atomic E-state index is 5.76. The first kappa shape index (κ1) is 8.67. The average Bonchev–Trinajstić information content (AvgIpc) is 1.86. The second-order valence-corrected chi connectivity index (χ2v) is 4.19. The summed E-state index contributed by atoms with van der Waals surface area (Å²) in [4.78, 5) is 0. The average molecular weight is 166 g/mol. The molecule has 0 saturated heterocycles. The number of halogens is 1. The first-order valence-electron chi connectivity index (χ1n) is 3.76. The summed E-state index contributed by atoms with van der Waals surface area (Å²) in [6, 6.07) is 8.01. The number of benzene rings is 1. The van der Waals surface area contributed by atoms with E-state index in [1.807, 2.05) is 12.1 Å². The Balaban J connectivity index is 2.99. The topological polar surface area (TPSA) is 0 Å². The molecule has 0 nitrogen and oxygen atoms in total. The Bertz CT molecular complexity index is 233. The van der Waals surface area contributed by atoms with Crippen LogP contribution in [0.25, 0.3) is 0 Å². The Morgan fingerprint density at radius 2 is 1.64 bits per heavy atom. The zero-order chi connectivity index (χ0) is 8.48. The lowest BCUT2D eigenvalue weighted by Gasteiger charge is -2.18. The minimum Gasteiger partial charge on any atom is -0.0843 e. The van der Waals surface area contributed by atoms with Crippen LogP contribution in [-0.2, 0) is 5.31 Å². The summed E-state index contributed by atoms with van der Waals surface area (Å²) in [6.45, 7) is 4.38. The van der Waals surface area contributed by atoms with Crippen molar-refractivity contribution >= 4 is 19.4 Å². The lowest BCUT2D eigenvalue weighted by atomic mass is 9.67. The van der Waals surface area contributed by atoms with Crippen LogP contribution in [0.15, 0.2) is 24.3 Å². The van der Waals surface area contributed by atoms with E-state index in [4.69, 9.17) is 11.6 Å². The summed E-state index contributed by atoms with van der Waals surface area (Å²) in [7, 11) is 2.19. The molecule has 1 aromatic carbocycles. The second kappa shape index (κ2) is 2.90. The maximum absolute atomic E-state index is 5.76. The minimum absolute atomic E-state index is 0.227. The van der Waals surface area contributed by atoms with Gasteiger partial charge < -0.3 is 0 Å². The van der Waals surface area contributed by atoms with Crippen molar-refractivity contribution in [1.82, 2.24) is 0 Å². The molecule has 0 saturated carbocycles. The SMILES string of the molecule is BC(C)(C)c1ccc(Cl)cc1. The molecule has 0 amide bonds. The maximum Gasteiger partial charge on any atom is 0.114 e. The molecular formula is C9H12BCl. The summed E-state index contributed by atoms with van der Waals surface area (Å²) in [5.74, 6) is 0. The van der Waals surface area contributed by atoms with Crippen molar-refractivity contribution in [2.24, 2.45) is 0 Å². The largest absolute Gasteiger partial charge is 0.114 e. The Hall–Kier alpha value is -0.425. The third-order valence-corrected chi connectivity index (χ3v) is 1.96. The molecule has 11 heavy (non-hydrogen) atoms. The van der Waals surface area contributed by atoms with E-state index in [9.17, 15) is 0 Å². The van der Waals surface area contributed by atoms with Gasteiger partial charge in [-0.15, -0.1) is 0 Å². The molecule has 2 heteroatoms. The van der Waals surface area contributed by atoms with Crippen molar-refractivity contribution < 1.29 is 0 Å². The smallest absolute Gasteiger partial charge is 0.0843 e. The van der Waals surface area contributed by atoms with Gasteiger partial charge in [-0.05, 0) is 17.4 Å². The first-order valence-corrected chi connectivity index (χ1v) is 4.14. The van der Waals surface area contributed by atoms with Gasteiger partial charge in [0.25, 0.3) is 0 Å². The van der Waals surface area contributed by atoms with Crippen molar-refractivity contribution in [3.8, 4) is 0 Å². The van der Waals surface area contributed by atoms with E-state index in [1.165, 1.54) is 5.56 Å². The molecule has 1 aromatic rings. The molecule has 0 fully saturated rings. The summed E-state index contributed by atoms with van der Waals surface area (Å²) in [6.07, 6.45) is 0. The van der Waals surface area contributed by atoms with Gasteiger partial charge in [-0.3, -0.25) is 0 Å². The van der Waals surface area contributed by atoms with Crippen LogP contribution in [0.5, 0.6) is 0 Å². The molecule has 0 aliphatic carbocycles. The highest BCUT2D eigenvalue weighted by Gasteiger charge is 2.12. The van der Waals surface area contributed by atoms with Gasteiger partial charge in [0.05, 0.1) is 0 Å². The first-order chi connectivity index (χ1) is 5.00. The van der Waals surface area contributed by atoms with E-state index in [2.05, 4.69) is 33.8 Å². The van der Waals surface area contributed by atoms with Crippen LogP contribution in [0.3, 0.4) is 0 Å². The molecule has 0 radical (unpaired) electrons. The Morgan fingerprint density at radius 3 is 2.00 bits per heavy atom. The van der Waals surface area contributed by atoms with Crippen LogP contribution < -0.4 is 0 Å². The van der Waals surface area contributed by atoms with Crippen LogP contribution in [0.1, 0.15) is 19.4 Å². The number of hydrogen-bond acceptors (Lipinski definition) is 0. The number of rotatable bonds is 1. The fourth-order valence-electron chi connectivity index (χ4n) is 0.950. The van der Waals surface area contributed by atoms with Gasteiger partial charge in [0, 0.05) is 5.02 Å². The molecule has 0 spiro atoms. The van der Waals surface area contributed by atoms with Crippen molar-refractivity contribution in [1.29, 1.82) is 0 Å². The predicted molar refractivity (Wildman–Crippen MR) is 53.0 cm³/mol. The normalized spacial score (nSPS) is 11.5. The molecule has 0 atom stereocenters. The third-order valence-electron chi connectivity index (χ3n) is 1.71. The second-order valence-electron chi connectivity index (χ2n) is 3.76. The van der Waals surface area contributed by atoms with E-state index < -0.39 is 0 Å². The standard InChI is InChI=1S/C9H12BCl/c1-9(2,10)7-3-5-8(11)6-4-7/h3-6H,10H2,1-2H3. The van der Waals surface area contributed by atoms with Gasteiger partial charge in [0.15, 0.2) is 0 Å². The fourth-order valence-corrected chi connectivity index (χ4v) is 1.08. The third kappa shape index (κ3) is 2.26. The molecular weight excluding hydrogens is 154 g/mol. The highest BCUT2D eigenvalue weighted by Crippen LogP contribution is 2.20. The molecule has 0 heterocycles. The van der Waals surface area contributed by atoms with E-state index in [1.54, 1.807) is 0 Å². The lowest BCUT2D eigenvalue weighted by Crippen LogP contribution is -2.15. The van der Waals surface area contributed by atoms with Gasteiger partial charge in [-0.1, -0.05) is 43.1 Å². The van der Waals surface area contributed by atoms with E-state index in [0.717, 1.165) is 5.02 Å². The summed E-state index contributed by atoms with van der Waals surface area (Å²) < 4.78 is 0. The zero-order valence-corrected chi connectivity index (χ0v) is 7.94. The van der Waals surface area contributed by atoms with Gasteiger partial charge >= 0.3 is 0 Å². The Labute approximate surface area is 74.0 Å². The molecule has 0 aromatic heterocycles. The molecule has 1 rings (SSSR count). The lowest BCUT2D eigenvalue weighted by molar-refractivity contribution is 0.764. The minimum atomic E-state index is 0.227. The molecule has 0 aliphatic rings. The molecule has 58 valence electrons. The van der Waals surface area contributed by atoms with E-state index in [-0.39, 0.29) is 5.31 Å². The Kier molecular flexibility index (Phi) is 2.29. The van der Waals surface area contributed by atoms with E-state index in [0.29, 0.717) is 0 Å². The van der Waals surface area contributed by atoms with Crippen molar-refractivity contribution in [3.63, 3.8) is 0 Å². The highest BCUT2D eigenvalue weighted by atomic mass is 35.5. The molecule has 0 bridgehead atoms. The van der Waals surface area contributed by atoms with Gasteiger partial charge in [0.1, 0.15) is 7.85 Å². The number of hydrogen-bond donors (Lipinski definition) is 0. The monoisotopic (exact) mass is 166 g/mol. The highest BCUT2D eigenvalue weighted by molar-refractivity contribution is 6.30. The van der Waals surface area contributed by atoms with Crippen LogP contribution in [0, 0.1) is 0 Å². The molecule has 0 N–H and O–H groups in total. The summed E-state index contributed by atoms with van der Waals surface area (Å²) in [5.41, 5.74) is 1.32. The van der Waals surface area contributed by atoms with Crippen LogP contribution in [-0.4, -0.2) is 7.85 Å². The fraction of sp³-hybridized carbons (Fsp3) is 0.333. The summed E-state index contributed by atoms with van der Waals surface area (Å²) >= 11 is 5.76. The van der Waals surface area contributed by atoms with Gasteiger partial charge in [0.2, 0.25) is 0 Å². The molecule has 0 unspecified atom stereocenters. The van der Waals surface area contributed by atoms with Crippen LogP contribution in [0.2, 0.25) is 5.02 Å².